The van der Waals surface area contributed by atoms with Crippen molar-refractivity contribution in [3.05, 3.63) is 70.3 Å². The van der Waals surface area contributed by atoms with Crippen molar-refractivity contribution in [2.24, 2.45) is 0 Å². The first kappa shape index (κ1) is 15.1. The molecule has 0 aliphatic rings. The zero-order valence-corrected chi connectivity index (χ0v) is 12.1. The number of Topliss-reactive ketones (excluding diaryl/α,β-unsaturated/α-hetero) is 1. The fraction of sp³-hybridized carbons (Fsp3) is 0.133. The molecule has 2 atom stereocenters. The molecule has 0 spiro atoms. The Morgan fingerprint density at radius 2 is 1.67 bits per heavy atom. The van der Waals surface area contributed by atoms with E-state index in [0.29, 0.717) is 10.5 Å². The molecule has 6 heteroatoms. The van der Waals surface area contributed by atoms with E-state index in [1.165, 1.54) is 24.3 Å². The number of ketones is 1. The van der Waals surface area contributed by atoms with Gasteiger partial charge in [0, 0.05) is 22.6 Å². The standard InChI is InChI=1S/C15H13NO4S/c1-11(15(17)12-5-3-2-4-6-12)21(20)14-9-7-13(8-10-14)16(18)19/h2-11H,1H3. The van der Waals surface area contributed by atoms with Gasteiger partial charge in [0.15, 0.2) is 5.78 Å². The van der Waals surface area contributed by atoms with Gasteiger partial charge in [-0.15, -0.1) is 0 Å². The van der Waals surface area contributed by atoms with Crippen molar-refractivity contribution < 1.29 is 13.9 Å². The van der Waals surface area contributed by atoms with Gasteiger partial charge in [-0.1, -0.05) is 30.3 Å². The second-order valence-electron chi connectivity index (χ2n) is 4.42. The van der Waals surface area contributed by atoms with Crippen LogP contribution in [-0.4, -0.2) is 20.2 Å². The highest BCUT2D eigenvalue weighted by Crippen LogP contribution is 2.19. The monoisotopic (exact) mass is 303 g/mol. The van der Waals surface area contributed by atoms with Crippen LogP contribution in [0, 0.1) is 10.1 Å². The molecule has 0 bridgehead atoms. The number of benzene rings is 2. The highest BCUT2D eigenvalue weighted by molar-refractivity contribution is 7.86. The van der Waals surface area contributed by atoms with Crippen LogP contribution in [0.5, 0.6) is 0 Å². The van der Waals surface area contributed by atoms with E-state index in [9.17, 15) is 19.1 Å². The van der Waals surface area contributed by atoms with E-state index in [1.807, 2.05) is 0 Å². The van der Waals surface area contributed by atoms with Crippen LogP contribution in [0.25, 0.3) is 0 Å². The average molecular weight is 303 g/mol. The summed E-state index contributed by atoms with van der Waals surface area (Å²) in [6.45, 7) is 1.59. The van der Waals surface area contributed by atoms with Crippen molar-refractivity contribution in [3.63, 3.8) is 0 Å². The minimum Gasteiger partial charge on any atom is -0.293 e. The van der Waals surface area contributed by atoms with Gasteiger partial charge < -0.3 is 0 Å². The number of hydrogen-bond acceptors (Lipinski definition) is 4. The zero-order valence-electron chi connectivity index (χ0n) is 11.3. The highest BCUT2D eigenvalue weighted by atomic mass is 32.2. The normalized spacial score (nSPS) is 13.4. The van der Waals surface area contributed by atoms with Gasteiger partial charge in [0.1, 0.15) is 0 Å². The topological polar surface area (TPSA) is 77.3 Å². The van der Waals surface area contributed by atoms with Gasteiger partial charge in [-0.2, -0.15) is 0 Å². The maximum atomic E-state index is 12.4. The summed E-state index contributed by atoms with van der Waals surface area (Å²) in [6, 6.07) is 14.0. The molecule has 5 nitrogen and oxygen atoms in total. The quantitative estimate of drug-likeness (QED) is 0.483. The Labute approximate surface area is 124 Å². The van der Waals surface area contributed by atoms with E-state index < -0.39 is 21.0 Å². The maximum absolute atomic E-state index is 12.4. The van der Waals surface area contributed by atoms with Crippen LogP contribution < -0.4 is 0 Å². The number of non-ortho nitro benzene ring substituents is 1. The first-order valence-electron chi connectivity index (χ1n) is 6.25. The molecule has 0 heterocycles. The molecule has 0 N–H and O–H groups in total. The minimum atomic E-state index is -1.55. The molecule has 0 aliphatic heterocycles. The third kappa shape index (κ3) is 3.41. The molecular weight excluding hydrogens is 290 g/mol. The molecule has 0 saturated carbocycles. The zero-order chi connectivity index (χ0) is 15.4. The summed E-state index contributed by atoms with van der Waals surface area (Å²) in [5, 5.41) is 9.87. The number of nitro groups is 1. The Morgan fingerprint density at radius 3 is 2.19 bits per heavy atom. The van der Waals surface area contributed by atoms with Crippen LogP contribution in [-0.2, 0) is 10.8 Å². The Balaban J connectivity index is 2.19. The van der Waals surface area contributed by atoms with Crippen LogP contribution in [0.2, 0.25) is 0 Å². The summed E-state index contributed by atoms with van der Waals surface area (Å²) >= 11 is 0. The van der Waals surface area contributed by atoms with Crippen LogP contribution >= 0.6 is 0 Å². The van der Waals surface area contributed by atoms with E-state index in [2.05, 4.69) is 0 Å². The van der Waals surface area contributed by atoms with Crippen molar-refractivity contribution in [3.8, 4) is 0 Å². The molecule has 0 aromatic heterocycles. The molecule has 0 radical (unpaired) electrons. The summed E-state index contributed by atoms with van der Waals surface area (Å²) < 4.78 is 12.4. The van der Waals surface area contributed by atoms with E-state index >= 15 is 0 Å². The second-order valence-corrected chi connectivity index (χ2v) is 6.19. The minimum absolute atomic E-state index is 0.0715. The number of hydrogen-bond donors (Lipinski definition) is 0. The van der Waals surface area contributed by atoms with E-state index in [0.717, 1.165) is 0 Å². The molecule has 2 aromatic carbocycles. The van der Waals surface area contributed by atoms with Crippen molar-refractivity contribution in [1.29, 1.82) is 0 Å². The molecule has 0 aliphatic carbocycles. The number of carbonyl (C=O) groups excluding carboxylic acids is 1. The Bertz CT molecular complexity index is 683. The van der Waals surface area contributed by atoms with Crippen LogP contribution in [0.15, 0.2) is 59.5 Å². The molecule has 2 unspecified atom stereocenters. The predicted molar refractivity (Wildman–Crippen MR) is 79.7 cm³/mol. The van der Waals surface area contributed by atoms with Crippen LogP contribution in [0.1, 0.15) is 17.3 Å². The molecule has 2 rings (SSSR count). The molecule has 108 valence electrons. The average Bonchev–Trinajstić information content (AvgIpc) is 2.53. The van der Waals surface area contributed by atoms with Crippen molar-refractivity contribution in [2.45, 2.75) is 17.1 Å². The smallest absolute Gasteiger partial charge is 0.269 e. The fourth-order valence-electron chi connectivity index (χ4n) is 1.84. The fourth-order valence-corrected chi connectivity index (χ4v) is 2.98. The van der Waals surface area contributed by atoms with Crippen LogP contribution in [0.3, 0.4) is 0 Å². The van der Waals surface area contributed by atoms with Gasteiger partial charge in [0.05, 0.1) is 21.0 Å². The molecule has 21 heavy (non-hydrogen) atoms. The van der Waals surface area contributed by atoms with Gasteiger partial charge >= 0.3 is 0 Å². The van der Waals surface area contributed by atoms with Crippen molar-refractivity contribution in [1.82, 2.24) is 0 Å². The van der Waals surface area contributed by atoms with Crippen molar-refractivity contribution in [2.75, 3.05) is 0 Å². The first-order valence-corrected chi connectivity index (χ1v) is 7.46. The summed E-state index contributed by atoms with van der Waals surface area (Å²) in [4.78, 5) is 22.7. The summed E-state index contributed by atoms with van der Waals surface area (Å²) in [5.74, 6) is -0.215. The highest BCUT2D eigenvalue weighted by Gasteiger charge is 2.23. The molecule has 2 aromatic rings. The third-order valence-corrected chi connectivity index (χ3v) is 4.62. The molecule has 0 fully saturated rings. The first-order chi connectivity index (χ1) is 10.0. The van der Waals surface area contributed by atoms with E-state index in [4.69, 9.17) is 0 Å². The lowest BCUT2D eigenvalue weighted by atomic mass is 10.1. The van der Waals surface area contributed by atoms with Gasteiger partial charge in [0.25, 0.3) is 5.69 Å². The largest absolute Gasteiger partial charge is 0.293 e. The third-order valence-electron chi connectivity index (χ3n) is 3.03. The lowest BCUT2D eigenvalue weighted by molar-refractivity contribution is -0.384. The SMILES string of the molecule is CC(C(=O)c1ccccc1)S(=O)c1ccc([N+](=O)[O-])cc1. The maximum Gasteiger partial charge on any atom is 0.269 e. The number of nitrogens with zero attached hydrogens (tertiary/aromatic N) is 1. The Hall–Kier alpha value is -2.34. The number of rotatable bonds is 5. The van der Waals surface area contributed by atoms with Crippen molar-refractivity contribution >= 4 is 22.3 Å². The van der Waals surface area contributed by atoms with E-state index in [1.54, 1.807) is 37.3 Å². The number of nitro benzene ring substituents is 1. The molecule has 0 saturated heterocycles. The van der Waals surface area contributed by atoms with Crippen LogP contribution in [0.4, 0.5) is 5.69 Å². The Morgan fingerprint density at radius 1 is 1.10 bits per heavy atom. The van der Waals surface area contributed by atoms with Gasteiger partial charge in [-0.05, 0) is 19.1 Å². The predicted octanol–water partition coefficient (Wildman–Crippen LogP) is 2.97. The summed E-state index contributed by atoms with van der Waals surface area (Å²) in [6.07, 6.45) is 0. The van der Waals surface area contributed by atoms with Gasteiger partial charge in [-0.3, -0.25) is 19.1 Å². The number of carbonyl (C=O) groups is 1. The van der Waals surface area contributed by atoms with E-state index in [-0.39, 0.29) is 11.5 Å². The Kier molecular flexibility index (Phi) is 4.59. The lowest BCUT2D eigenvalue weighted by Gasteiger charge is -2.10. The summed E-state index contributed by atoms with van der Waals surface area (Å²) in [5.41, 5.74) is 0.429. The molecular formula is C15H13NO4S. The van der Waals surface area contributed by atoms with Gasteiger partial charge in [-0.25, -0.2) is 0 Å². The van der Waals surface area contributed by atoms with Gasteiger partial charge in [0.2, 0.25) is 0 Å². The second kappa shape index (κ2) is 6.41. The molecule has 0 amide bonds. The summed E-state index contributed by atoms with van der Waals surface area (Å²) in [7, 11) is -1.55. The lowest BCUT2D eigenvalue weighted by Crippen LogP contribution is -2.22.